The van der Waals surface area contributed by atoms with E-state index >= 15 is 0 Å². The summed E-state index contributed by atoms with van der Waals surface area (Å²) in [6, 6.07) is 11.5. The second-order valence-electron chi connectivity index (χ2n) is 5.21. The molecule has 3 aromatic rings. The second-order valence-corrected chi connectivity index (χ2v) is 6.16. The summed E-state index contributed by atoms with van der Waals surface area (Å²) in [5, 5.41) is 12.5. The number of hydrogen-bond donors (Lipinski definition) is 1. The molecule has 0 bridgehead atoms. The predicted molar refractivity (Wildman–Crippen MR) is 85.9 cm³/mol. The molecule has 21 heavy (non-hydrogen) atoms. The molecule has 3 rings (SSSR count). The Bertz CT molecular complexity index is 734. The van der Waals surface area contributed by atoms with Gasteiger partial charge in [0.2, 0.25) is 0 Å². The summed E-state index contributed by atoms with van der Waals surface area (Å²) in [6.45, 7) is 3.98. The van der Waals surface area contributed by atoms with Gasteiger partial charge in [0.25, 0.3) is 0 Å². The fourth-order valence-electron chi connectivity index (χ4n) is 2.20. The number of rotatable bonds is 4. The average Bonchev–Trinajstić information content (AvgIpc) is 2.94. The Hall–Kier alpha value is -1.91. The lowest BCUT2D eigenvalue weighted by molar-refractivity contribution is 0.219. The molecule has 0 saturated heterocycles. The Labute approximate surface area is 127 Å². The number of aliphatic hydroxyl groups excluding tert-OH is 1. The largest absolute Gasteiger partial charge is 0.491 e. The molecule has 1 aromatic carbocycles. The van der Waals surface area contributed by atoms with Crippen LogP contribution in [-0.2, 0) is 0 Å². The molecular weight excluding hydrogens is 282 g/mol. The van der Waals surface area contributed by atoms with Gasteiger partial charge in [0, 0.05) is 11.8 Å². The fourth-order valence-corrected chi connectivity index (χ4v) is 2.99. The quantitative estimate of drug-likeness (QED) is 0.786. The van der Waals surface area contributed by atoms with E-state index in [1.165, 1.54) is 0 Å². The van der Waals surface area contributed by atoms with Crippen molar-refractivity contribution in [3.63, 3.8) is 0 Å². The summed E-state index contributed by atoms with van der Waals surface area (Å²) in [7, 11) is 0. The SMILES string of the molecule is CC(C)Oc1ccc(C(O)c2cnc3ccsc3c2)cc1. The van der Waals surface area contributed by atoms with Crippen molar-refractivity contribution in [2.75, 3.05) is 0 Å². The third-order valence-corrected chi connectivity index (χ3v) is 4.06. The first kappa shape index (κ1) is 14.0. The van der Waals surface area contributed by atoms with Gasteiger partial charge in [-0.05, 0) is 49.1 Å². The van der Waals surface area contributed by atoms with Gasteiger partial charge in [-0.1, -0.05) is 12.1 Å². The summed E-state index contributed by atoms with van der Waals surface area (Å²) in [5.74, 6) is 0.813. The molecule has 0 amide bonds. The molecule has 0 aliphatic heterocycles. The molecular formula is C17H17NO2S. The van der Waals surface area contributed by atoms with Crippen molar-refractivity contribution < 1.29 is 9.84 Å². The predicted octanol–water partition coefficient (Wildman–Crippen LogP) is 4.17. The molecule has 0 aliphatic carbocycles. The maximum Gasteiger partial charge on any atom is 0.119 e. The Morgan fingerprint density at radius 1 is 1.10 bits per heavy atom. The van der Waals surface area contributed by atoms with Gasteiger partial charge in [-0.15, -0.1) is 11.3 Å². The maximum absolute atomic E-state index is 10.5. The van der Waals surface area contributed by atoms with Gasteiger partial charge >= 0.3 is 0 Å². The molecule has 1 atom stereocenters. The molecule has 2 heterocycles. The van der Waals surface area contributed by atoms with Gasteiger partial charge < -0.3 is 9.84 Å². The summed E-state index contributed by atoms with van der Waals surface area (Å²) in [4.78, 5) is 4.37. The van der Waals surface area contributed by atoms with E-state index in [1.54, 1.807) is 17.5 Å². The van der Waals surface area contributed by atoms with Crippen LogP contribution in [0.5, 0.6) is 5.75 Å². The van der Waals surface area contributed by atoms with E-state index in [1.807, 2.05) is 55.6 Å². The minimum absolute atomic E-state index is 0.145. The van der Waals surface area contributed by atoms with Crippen LogP contribution >= 0.6 is 11.3 Å². The van der Waals surface area contributed by atoms with Gasteiger partial charge in [-0.25, -0.2) is 0 Å². The standard InChI is InChI=1S/C17H17NO2S/c1-11(2)20-14-5-3-12(4-6-14)17(19)13-9-16-15(18-10-13)7-8-21-16/h3-11,17,19H,1-2H3. The highest BCUT2D eigenvalue weighted by Crippen LogP contribution is 2.27. The molecule has 2 aromatic heterocycles. The van der Waals surface area contributed by atoms with Gasteiger partial charge in [-0.2, -0.15) is 0 Å². The minimum Gasteiger partial charge on any atom is -0.491 e. The summed E-state index contributed by atoms with van der Waals surface area (Å²) < 4.78 is 6.70. The van der Waals surface area contributed by atoms with Crippen LogP contribution in [-0.4, -0.2) is 16.2 Å². The molecule has 0 spiro atoms. The summed E-state index contributed by atoms with van der Waals surface area (Å²) in [5.41, 5.74) is 2.61. The number of benzene rings is 1. The zero-order valence-corrected chi connectivity index (χ0v) is 12.8. The number of hydrogen-bond acceptors (Lipinski definition) is 4. The first-order valence-corrected chi connectivity index (χ1v) is 7.79. The molecule has 0 fully saturated rings. The number of aromatic nitrogens is 1. The van der Waals surface area contributed by atoms with Crippen molar-refractivity contribution in [2.45, 2.75) is 26.1 Å². The number of nitrogens with zero attached hydrogens (tertiary/aromatic N) is 1. The lowest BCUT2D eigenvalue weighted by atomic mass is 10.0. The Morgan fingerprint density at radius 3 is 2.57 bits per heavy atom. The van der Waals surface area contributed by atoms with Gasteiger partial charge in [0.1, 0.15) is 11.9 Å². The number of ether oxygens (including phenoxy) is 1. The van der Waals surface area contributed by atoms with Crippen LogP contribution in [0, 0.1) is 0 Å². The molecule has 4 heteroatoms. The van der Waals surface area contributed by atoms with Crippen molar-refractivity contribution in [3.05, 3.63) is 59.1 Å². The second kappa shape index (κ2) is 5.84. The van der Waals surface area contributed by atoms with E-state index < -0.39 is 6.10 Å². The van der Waals surface area contributed by atoms with Crippen molar-refractivity contribution in [1.29, 1.82) is 0 Å². The fraction of sp³-hybridized carbons (Fsp3) is 0.235. The smallest absolute Gasteiger partial charge is 0.119 e. The van der Waals surface area contributed by atoms with Gasteiger partial charge in [0.05, 0.1) is 16.3 Å². The van der Waals surface area contributed by atoms with Crippen LogP contribution in [0.1, 0.15) is 31.1 Å². The zero-order valence-electron chi connectivity index (χ0n) is 12.0. The number of fused-ring (bicyclic) bond motifs is 1. The highest BCUT2D eigenvalue weighted by Gasteiger charge is 2.12. The van der Waals surface area contributed by atoms with Crippen LogP contribution in [0.4, 0.5) is 0 Å². The van der Waals surface area contributed by atoms with Crippen molar-refractivity contribution in [2.24, 2.45) is 0 Å². The van der Waals surface area contributed by atoms with E-state index in [4.69, 9.17) is 4.74 Å². The number of pyridine rings is 1. The molecule has 1 N–H and O–H groups in total. The topological polar surface area (TPSA) is 42.4 Å². The van der Waals surface area contributed by atoms with Crippen molar-refractivity contribution in [1.82, 2.24) is 4.98 Å². The summed E-state index contributed by atoms with van der Waals surface area (Å²) in [6.07, 6.45) is 1.21. The summed E-state index contributed by atoms with van der Waals surface area (Å²) >= 11 is 1.63. The Balaban J connectivity index is 1.84. The first-order valence-electron chi connectivity index (χ1n) is 6.91. The van der Waals surface area contributed by atoms with E-state index in [-0.39, 0.29) is 6.10 Å². The van der Waals surface area contributed by atoms with Crippen LogP contribution < -0.4 is 4.74 Å². The van der Waals surface area contributed by atoms with E-state index in [2.05, 4.69) is 4.98 Å². The van der Waals surface area contributed by atoms with Crippen molar-refractivity contribution in [3.8, 4) is 5.75 Å². The minimum atomic E-state index is -0.669. The molecule has 0 radical (unpaired) electrons. The van der Waals surface area contributed by atoms with E-state index in [9.17, 15) is 5.11 Å². The Kier molecular flexibility index (Phi) is 3.90. The third kappa shape index (κ3) is 3.06. The molecule has 1 unspecified atom stereocenters. The highest BCUT2D eigenvalue weighted by molar-refractivity contribution is 7.17. The first-order chi connectivity index (χ1) is 10.1. The molecule has 3 nitrogen and oxygen atoms in total. The number of aliphatic hydroxyl groups is 1. The van der Waals surface area contributed by atoms with Crippen molar-refractivity contribution >= 4 is 21.6 Å². The van der Waals surface area contributed by atoms with E-state index in [0.29, 0.717) is 0 Å². The lowest BCUT2D eigenvalue weighted by Gasteiger charge is -2.13. The third-order valence-electron chi connectivity index (χ3n) is 3.21. The van der Waals surface area contributed by atoms with E-state index in [0.717, 1.165) is 27.1 Å². The zero-order chi connectivity index (χ0) is 14.8. The average molecular weight is 299 g/mol. The van der Waals surface area contributed by atoms with Gasteiger partial charge in [-0.3, -0.25) is 4.98 Å². The van der Waals surface area contributed by atoms with Crippen LogP contribution in [0.15, 0.2) is 48.0 Å². The highest BCUT2D eigenvalue weighted by atomic mass is 32.1. The molecule has 108 valence electrons. The normalized spacial score (nSPS) is 12.8. The van der Waals surface area contributed by atoms with Crippen LogP contribution in [0.25, 0.3) is 10.2 Å². The number of thiophene rings is 1. The molecule has 0 saturated carbocycles. The van der Waals surface area contributed by atoms with Gasteiger partial charge in [0.15, 0.2) is 0 Å². The lowest BCUT2D eigenvalue weighted by Crippen LogP contribution is -2.06. The molecule has 0 aliphatic rings. The van der Waals surface area contributed by atoms with Crippen LogP contribution in [0.3, 0.4) is 0 Å². The monoisotopic (exact) mass is 299 g/mol. The van der Waals surface area contributed by atoms with Crippen LogP contribution in [0.2, 0.25) is 0 Å². The Morgan fingerprint density at radius 2 is 1.86 bits per heavy atom. The maximum atomic E-state index is 10.5.